The number of rotatable bonds is 2. The van der Waals surface area contributed by atoms with E-state index in [0.29, 0.717) is 23.9 Å². The first kappa shape index (κ1) is 22.3. The average Bonchev–Trinajstić information content (AvgIpc) is 2.92. The van der Waals surface area contributed by atoms with Gasteiger partial charge in [-0.1, -0.05) is 116 Å². The maximum atomic E-state index is 5.66. The predicted molar refractivity (Wildman–Crippen MR) is 126 cm³/mol. The molecule has 2 heterocycles. The molecule has 0 saturated heterocycles. The highest BCUT2D eigenvalue weighted by Crippen LogP contribution is 2.40. The monoisotopic (exact) mass is 727 g/mol. The second-order valence-electron chi connectivity index (χ2n) is 6.36. The molecule has 0 fully saturated rings. The topological polar surface area (TPSA) is 49.9 Å². The van der Waals surface area contributed by atoms with Gasteiger partial charge < -0.3 is 9.73 Å². The molecule has 0 aromatic carbocycles. The third-order valence-corrected chi connectivity index (χ3v) is 5.42. The van der Waals surface area contributed by atoms with Gasteiger partial charge in [0.15, 0.2) is 10.1 Å². The minimum absolute atomic E-state index is 0.0616. The Morgan fingerprint density at radius 3 is 2.16 bits per heavy atom. The Kier molecular flexibility index (Phi) is 7.31. The molecule has 0 spiro atoms. The Balaban J connectivity index is 2.26. The molecule has 2 rings (SSSR count). The Hall–Kier alpha value is 1.04. The number of allylic oxidation sites excluding steroid dienone is 1. The van der Waals surface area contributed by atoms with Crippen LogP contribution in [0.25, 0.3) is 0 Å². The molecular formula is C15H15Br6N3O. The summed E-state index contributed by atoms with van der Waals surface area (Å²) in [5, 5.41) is 3.18. The van der Waals surface area contributed by atoms with Gasteiger partial charge in [-0.2, -0.15) is 0 Å². The average molecular weight is 733 g/mol. The van der Waals surface area contributed by atoms with Gasteiger partial charge in [0, 0.05) is 6.42 Å². The third kappa shape index (κ3) is 6.55. The van der Waals surface area contributed by atoms with Crippen molar-refractivity contribution in [3.05, 3.63) is 35.6 Å². The van der Waals surface area contributed by atoms with Crippen molar-refractivity contribution in [2.24, 2.45) is 9.98 Å². The zero-order valence-electron chi connectivity index (χ0n) is 13.5. The lowest BCUT2D eigenvalue weighted by molar-refractivity contribution is 0.508. The van der Waals surface area contributed by atoms with Crippen molar-refractivity contribution in [2.45, 2.75) is 36.9 Å². The third-order valence-electron chi connectivity index (χ3n) is 3.23. The highest BCUT2D eigenvalue weighted by molar-refractivity contribution is 9.40. The standard InChI is InChI=1S/C15H15Br6N3O/c1-13(2,3)8-6-9(25-7-8)4-5-10-22-11(14(16,17)18)24-12(23-10)15(19,20)21/h5-7H,4H2,1-3H3,(H,22,23,24). The van der Waals surface area contributed by atoms with Crippen molar-refractivity contribution in [1.82, 2.24) is 5.32 Å². The van der Waals surface area contributed by atoms with Crippen LogP contribution in [0.1, 0.15) is 32.1 Å². The lowest BCUT2D eigenvalue weighted by Gasteiger charge is -2.24. The second kappa shape index (κ2) is 8.19. The number of aliphatic imine (C=N–C) groups is 2. The molecule has 25 heavy (non-hydrogen) atoms. The number of hydrogen-bond acceptors (Lipinski definition) is 4. The van der Waals surface area contributed by atoms with E-state index in [2.05, 4.69) is 138 Å². The molecule has 0 saturated carbocycles. The van der Waals surface area contributed by atoms with E-state index >= 15 is 0 Å². The van der Waals surface area contributed by atoms with E-state index < -0.39 is 4.29 Å². The SMILES string of the molecule is CC(C)(C)c1coc(CC=C2N=C(C(Br)(Br)Br)N=C(C(Br)(Br)Br)N2)c1. The van der Waals surface area contributed by atoms with E-state index in [9.17, 15) is 0 Å². The quantitative estimate of drug-likeness (QED) is 0.332. The van der Waals surface area contributed by atoms with Crippen molar-refractivity contribution in [2.75, 3.05) is 0 Å². The number of amidine groups is 2. The van der Waals surface area contributed by atoms with Gasteiger partial charge in [0.05, 0.1) is 6.26 Å². The summed E-state index contributed by atoms with van der Waals surface area (Å²) in [6.45, 7) is 6.47. The van der Waals surface area contributed by atoms with Crippen molar-refractivity contribution >= 4 is 107 Å². The summed E-state index contributed by atoms with van der Waals surface area (Å²) in [4.78, 5) is 9.00. The fourth-order valence-electron chi connectivity index (χ4n) is 1.86. The first-order chi connectivity index (χ1) is 11.3. The van der Waals surface area contributed by atoms with Crippen LogP contribution in [0.15, 0.2) is 38.6 Å². The summed E-state index contributed by atoms with van der Waals surface area (Å²) in [7, 11) is 0. The Morgan fingerprint density at radius 2 is 1.68 bits per heavy atom. The molecule has 10 heteroatoms. The number of hydrogen-bond donors (Lipinski definition) is 1. The molecule has 0 atom stereocenters. The van der Waals surface area contributed by atoms with Crippen LogP contribution in [0.2, 0.25) is 0 Å². The molecular weight excluding hydrogens is 718 g/mol. The first-order valence-corrected chi connectivity index (χ1v) is 11.9. The zero-order valence-corrected chi connectivity index (χ0v) is 23.0. The summed E-state index contributed by atoms with van der Waals surface area (Å²) in [5.41, 5.74) is 1.23. The van der Waals surface area contributed by atoms with Crippen molar-refractivity contribution in [3.63, 3.8) is 0 Å². The molecule has 0 bridgehead atoms. The highest BCUT2D eigenvalue weighted by atomic mass is 80.0. The Labute approximate surface area is 197 Å². The molecule has 138 valence electrons. The number of halogens is 6. The number of nitrogens with one attached hydrogen (secondary N) is 1. The maximum Gasteiger partial charge on any atom is 0.194 e. The molecule has 0 unspecified atom stereocenters. The fraction of sp³-hybridized carbons (Fsp3) is 0.467. The van der Waals surface area contributed by atoms with Crippen LogP contribution in [0.4, 0.5) is 0 Å². The summed E-state index contributed by atoms with van der Waals surface area (Å²) < 4.78 is 4.26. The van der Waals surface area contributed by atoms with Gasteiger partial charge >= 0.3 is 0 Å². The second-order valence-corrected chi connectivity index (χ2v) is 19.9. The lowest BCUT2D eigenvalue weighted by atomic mass is 9.89. The summed E-state index contributed by atoms with van der Waals surface area (Å²) >= 11 is 20.8. The molecule has 4 nitrogen and oxygen atoms in total. The number of furan rings is 1. The molecule has 0 amide bonds. The smallest absolute Gasteiger partial charge is 0.194 e. The van der Waals surface area contributed by atoms with Crippen molar-refractivity contribution in [3.8, 4) is 0 Å². The molecule has 0 radical (unpaired) electrons. The van der Waals surface area contributed by atoms with Gasteiger partial charge in [-0.15, -0.1) is 0 Å². The van der Waals surface area contributed by atoms with Gasteiger partial charge in [0.1, 0.15) is 17.4 Å². The molecule has 1 aromatic heterocycles. The maximum absolute atomic E-state index is 5.66. The van der Waals surface area contributed by atoms with E-state index in [0.717, 1.165) is 5.76 Å². The molecule has 1 N–H and O–H groups in total. The lowest BCUT2D eigenvalue weighted by Crippen LogP contribution is -2.38. The normalized spacial score (nSPS) is 18.0. The van der Waals surface area contributed by atoms with E-state index in [-0.39, 0.29) is 5.41 Å². The minimum atomic E-state index is -0.720. The van der Waals surface area contributed by atoms with E-state index in [1.807, 2.05) is 12.3 Å². The van der Waals surface area contributed by atoms with E-state index in [4.69, 9.17) is 4.42 Å². The van der Waals surface area contributed by atoms with Gasteiger partial charge in [-0.25, -0.2) is 9.98 Å². The van der Waals surface area contributed by atoms with Gasteiger partial charge in [-0.05, 0) is 23.1 Å². The van der Waals surface area contributed by atoms with Gasteiger partial charge in [-0.3, -0.25) is 0 Å². The van der Waals surface area contributed by atoms with Crippen LogP contribution in [-0.4, -0.2) is 16.0 Å². The summed E-state index contributed by atoms with van der Waals surface area (Å²) in [6.07, 6.45) is 4.38. The van der Waals surface area contributed by atoms with Gasteiger partial charge in [0.25, 0.3) is 0 Å². The van der Waals surface area contributed by atoms with Crippen LogP contribution in [0.3, 0.4) is 0 Å². The largest absolute Gasteiger partial charge is 0.469 e. The summed E-state index contributed by atoms with van der Waals surface area (Å²) in [5.74, 6) is 2.68. The zero-order chi connectivity index (χ0) is 19.0. The number of alkyl halides is 6. The van der Waals surface area contributed by atoms with Crippen LogP contribution in [0.5, 0.6) is 0 Å². The molecule has 1 aromatic rings. The van der Waals surface area contributed by atoms with Crippen molar-refractivity contribution in [1.29, 1.82) is 0 Å². The van der Waals surface area contributed by atoms with Crippen molar-refractivity contribution < 1.29 is 4.42 Å². The van der Waals surface area contributed by atoms with Crippen LogP contribution < -0.4 is 5.32 Å². The first-order valence-electron chi connectivity index (χ1n) is 7.13. The van der Waals surface area contributed by atoms with Gasteiger partial charge in [0.2, 0.25) is 0 Å². The molecule has 1 aliphatic heterocycles. The fourth-order valence-corrected chi connectivity index (χ4v) is 2.95. The van der Waals surface area contributed by atoms with E-state index in [1.165, 1.54) is 5.56 Å². The van der Waals surface area contributed by atoms with E-state index in [1.54, 1.807) is 0 Å². The van der Waals surface area contributed by atoms with Crippen LogP contribution >= 0.6 is 95.6 Å². The number of nitrogens with zero attached hydrogens (tertiary/aromatic N) is 2. The Morgan fingerprint density at radius 1 is 1.04 bits per heavy atom. The predicted octanol–water partition coefficient (Wildman–Crippen LogP) is 7.04. The molecule has 0 aliphatic carbocycles. The highest BCUT2D eigenvalue weighted by Gasteiger charge is 2.35. The van der Waals surface area contributed by atoms with Crippen LogP contribution in [0, 0.1) is 0 Å². The minimum Gasteiger partial charge on any atom is -0.469 e. The van der Waals surface area contributed by atoms with Crippen LogP contribution in [-0.2, 0) is 11.8 Å². The Bertz CT molecular complexity index is 732. The summed E-state index contributed by atoms with van der Waals surface area (Å²) in [6, 6.07) is 2.08. The molecule has 1 aliphatic rings.